The zero-order valence-corrected chi connectivity index (χ0v) is 10.7. The molecule has 0 saturated carbocycles. The van der Waals surface area contributed by atoms with E-state index < -0.39 is 0 Å². The van der Waals surface area contributed by atoms with Crippen LogP contribution in [-0.4, -0.2) is 17.4 Å². The first-order valence-corrected chi connectivity index (χ1v) is 6.24. The van der Waals surface area contributed by atoms with Crippen LogP contribution in [0.1, 0.15) is 11.1 Å². The van der Waals surface area contributed by atoms with Gasteiger partial charge < -0.3 is 11.1 Å². The number of aromatic nitrogens is 1. The molecular formula is C15H17N3O. The summed E-state index contributed by atoms with van der Waals surface area (Å²) >= 11 is 0. The third-order valence-electron chi connectivity index (χ3n) is 2.89. The van der Waals surface area contributed by atoms with Crippen molar-refractivity contribution >= 4 is 11.6 Å². The molecule has 0 aliphatic heterocycles. The summed E-state index contributed by atoms with van der Waals surface area (Å²) in [5.41, 5.74) is 8.49. The molecule has 19 heavy (non-hydrogen) atoms. The van der Waals surface area contributed by atoms with Crippen LogP contribution in [0.15, 0.2) is 48.8 Å². The first-order valence-electron chi connectivity index (χ1n) is 6.24. The fourth-order valence-electron chi connectivity index (χ4n) is 1.83. The van der Waals surface area contributed by atoms with Crippen LogP contribution in [0.2, 0.25) is 0 Å². The van der Waals surface area contributed by atoms with Crippen molar-refractivity contribution in [2.45, 2.75) is 12.8 Å². The highest BCUT2D eigenvalue weighted by atomic mass is 16.1. The number of carbonyl (C=O) groups excluding carboxylic acids is 1. The lowest BCUT2D eigenvalue weighted by Crippen LogP contribution is -2.27. The van der Waals surface area contributed by atoms with Gasteiger partial charge in [-0.25, -0.2) is 0 Å². The molecule has 0 bridgehead atoms. The lowest BCUT2D eigenvalue weighted by molar-refractivity contribution is -0.120. The van der Waals surface area contributed by atoms with Crippen LogP contribution in [-0.2, 0) is 17.6 Å². The van der Waals surface area contributed by atoms with Gasteiger partial charge in [0.1, 0.15) is 0 Å². The molecule has 1 aromatic heterocycles. The quantitative estimate of drug-likeness (QED) is 0.797. The molecule has 4 nitrogen and oxygen atoms in total. The first-order chi connectivity index (χ1) is 9.25. The molecule has 0 fully saturated rings. The largest absolute Gasteiger partial charge is 0.398 e. The number of amides is 1. The molecular weight excluding hydrogens is 238 g/mol. The monoisotopic (exact) mass is 255 g/mol. The Hall–Kier alpha value is -2.36. The summed E-state index contributed by atoms with van der Waals surface area (Å²) in [4.78, 5) is 15.7. The Kier molecular flexibility index (Phi) is 4.50. The van der Waals surface area contributed by atoms with Gasteiger partial charge in [0, 0.05) is 24.6 Å². The van der Waals surface area contributed by atoms with Gasteiger partial charge in [-0.15, -0.1) is 0 Å². The average Bonchev–Trinajstić information content (AvgIpc) is 2.43. The topological polar surface area (TPSA) is 68.0 Å². The second kappa shape index (κ2) is 6.54. The molecule has 1 heterocycles. The summed E-state index contributed by atoms with van der Waals surface area (Å²) in [5, 5.41) is 2.89. The predicted octanol–water partition coefficient (Wildman–Crippen LogP) is 1.57. The molecule has 0 spiro atoms. The second-order valence-corrected chi connectivity index (χ2v) is 4.33. The SMILES string of the molecule is Nc1ccccc1CC(=O)NCCc1ccncc1. The number of benzene rings is 1. The van der Waals surface area contributed by atoms with Crippen molar-refractivity contribution in [2.75, 3.05) is 12.3 Å². The zero-order valence-electron chi connectivity index (χ0n) is 10.7. The van der Waals surface area contributed by atoms with Crippen LogP contribution in [0.3, 0.4) is 0 Å². The van der Waals surface area contributed by atoms with Crippen LogP contribution in [0.4, 0.5) is 5.69 Å². The van der Waals surface area contributed by atoms with Crippen LogP contribution in [0.5, 0.6) is 0 Å². The maximum atomic E-state index is 11.8. The Morgan fingerprint density at radius 1 is 1.16 bits per heavy atom. The summed E-state index contributed by atoms with van der Waals surface area (Å²) in [5.74, 6) is -0.00745. The van der Waals surface area contributed by atoms with Gasteiger partial charge in [-0.1, -0.05) is 18.2 Å². The van der Waals surface area contributed by atoms with E-state index >= 15 is 0 Å². The van der Waals surface area contributed by atoms with Crippen LogP contribution < -0.4 is 11.1 Å². The zero-order chi connectivity index (χ0) is 13.5. The summed E-state index contributed by atoms with van der Waals surface area (Å²) in [6.45, 7) is 0.621. The highest BCUT2D eigenvalue weighted by Crippen LogP contribution is 2.10. The molecule has 1 aromatic carbocycles. The second-order valence-electron chi connectivity index (χ2n) is 4.33. The highest BCUT2D eigenvalue weighted by Gasteiger charge is 2.05. The summed E-state index contributed by atoms with van der Waals surface area (Å²) in [7, 11) is 0. The molecule has 2 aromatic rings. The predicted molar refractivity (Wildman–Crippen MR) is 75.5 cm³/mol. The fourth-order valence-corrected chi connectivity index (χ4v) is 1.83. The van der Waals surface area contributed by atoms with E-state index in [1.54, 1.807) is 18.5 Å². The summed E-state index contributed by atoms with van der Waals surface area (Å²) < 4.78 is 0. The van der Waals surface area contributed by atoms with Gasteiger partial charge in [-0.3, -0.25) is 9.78 Å². The number of anilines is 1. The average molecular weight is 255 g/mol. The van der Waals surface area contributed by atoms with E-state index in [1.165, 1.54) is 0 Å². The van der Waals surface area contributed by atoms with Gasteiger partial charge in [0.05, 0.1) is 6.42 Å². The van der Waals surface area contributed by atoms with Crippen molar-refractivity contribution in [2.24, 2.45) is 0 Å². The van der Waals surface area contributed by atoms with Gasteiger partial charge in [0.15, 0.2) is 0 Å². The molecule has 1 amide bonds. The molecule has 4 heteroatoms. The first kappa shape index (κ1) is 13.1. The minimum Gasteiger partial charge on any atom is -0.398 e. The number of nitrogen functional groups attached to an aromatic ring is 1. The Morgan fingerprint density at radius 2 is 1.89 bits per heavy atom. The number of nitrogens with zero attached hydrogens (tertiary/aromatic N) is 1. The molecule has 0 atom stereocenters. The Balaban J connectivity index is 1.78. The number of pyridine rings is 1. The fraction of sp³-hybridized carbons (Fsp3) is 0.200. The molecule has 0 radical (unpaired) electrons. The van der Waals surface area contributed by atoms with E-state index in [0.29, 0.717) is 18.7 Å². The molecule has 0 aliphatic carbocycles. The number of hydrogen-bond donors (Lipinski definition) is 2. The van der Waals surface area contributed by atoms with Gasteiger partial charge in [-0.05, 0) is 35.7 Å². The number of rotatable bonds is 5. The van der Waals surface area contributed by atoms with Gasteiger partial charge in [-0.2, -0.15) is 0 Å². The third-order valence-corrected chi connectivity index (χ3v) is 2.89. The van der Waals surface area contributed by atoms with E-state index in [0.717, 1.165) is 17.5 Å². The lowest BCUT2D eigenvalue weighted by Gasteiger charge is -2.07. The van der Waals surface area contributed by atoms with Crippen LogP contribution in [0, 0.1) is 0 Å². The van der Waals surface area contributed by atoms with Crippen LogP contribution >= 0.6 is 0 Å². The molecule has 0 saturated heterocycles. The number of para-hydroxylation sites is 1. The smallest absolute Gasteiger partial charge is 0.224 e. The van der Waals surface area contributed by atoms with Gasteiger partial charge in [0.25, 0.3) is 0 Å². The minimum absolute atomic E-state index is 0.00745. The van der Waals surface area contributed by atoms with Gasteiger partial charge in [0.2, 0.25) is 5.91 Å². The molecule has 98 valence electrons. The highest BCUT2D eigenvalue weighted by molar-refractivity contribution is 5.80. The van der Waals surface area contributed by atoms with Gasteiger partial charge >= 0.3 is 0 Å². The Morgan fingerprint density at radius 3 is 2.63 bits per heavy atom. The maximum Gasteiger partial charge on any atom is 0.224 e. The Bertz CT molecular complexity index is 540. The maximum absolute atomic E-state index is 11.8. The minimum atomic E-state index is -0.00745. The van der Waals surface area contributed by atoms with Crippen molar-refractivity contribution in [3.63, 3.8) is 0 Å². The van der Waals surface area contributed by atoms with E-state index in [-0.39, 0.29) is 5.91 Å². The number of nitrogens with two attached hydrogens (primary N) is 1. The molecule has 0 unspecified atom stereocenters. The molecule has 2 rings (SSSR count). The molecule has 0 aliphatic rings. The number of carbonyl (C=O) groups is 1. The standard InChI is InChI=1S/C15H17N3O/c16-14-4-2-1-3-13(14)11-15(19)18-10-7-12-5-8-17-9-6-12/h1-6,8-9H,7,10-11,16H2,(H,18,19). The Labute approximate surface area is 112 Å². The van der Waals surface area contributed by atoms with Crippen molar-refractivity contribution in [3.8, 4) is 0 Å². The normalized spacial score (nSPS) is 10.1. The summed E-state index contributed by atoms with van der Waals surface area (Å²) in [6, 6.07) is 11.3. The number of hydrogen-bond acceptors (Lipinski definition) is 3. The molecule has 3 N–H and O–H groups in total. The van der Waals surface area contributed by atoms with Crippen molar-refractivity contribution < 1.29 is 4.79 Å². The van der Waals surface area contributed by atoms with Crippen molar-refractivity contribution in [1.82, 2.24) is 10.3 Å². The van der Waals surface area contributed by atoms with E-state index in [9.17, 15) is 4.79 Å². The number of nitrogens with one attached hydrogen (secondary N) is 1. The summed E-state index contributed by atoms with van der Waals surface area (Å²) in [6.07, 6.45) is 4.63. The van der Waals surface area contributed by atoms with Crippen molar-refractivity contribution in [1.29, 1.82) is 0 Å². The van der Waals surface area contributed by atoms with Crippen molar-refractivity contribution in [3.05, 3.63) is 59.9 Å². The van der Waals surface area contributed by atoms with E-state index in [1.807, 2.05) is 30.3 Å². The third kappa shape index (κ3) is 4.10. The van der Waals surface area contributed by atoms with Crippen LogP contribution in [0.25, 0.3) is 0 Å². The lowest BCUT2D eigenvalue weighted by atomic mass is 10.1. The van der Waals surface area contributed by atoms with E-state index in [2.05, 4.69) is 10.3 Å². The van der Waals surface area contributed by atoms with E-state index in [4.69, 9.17) is 5.73 Å².